The lowest BCUT2D eigenvalue weighted by molar-refractivity contribution is 0.118. The number of hydrogen-bond acceptors (Lipinski definition) is 2. The molecule has 48 valence electrons. The second-order valence-corrected chi connectivity index (χ2v) is 2.40. The van der Waals surface area contributed by atoms with Crippen molar-refractivity contribution in [1.82, 2.24) is 5.32 Å². The van der Waals surface area contributed by atoms with E-state index in [0.29, 0.717) is 12.1 Å². The minimum Gasteiger partial charge on any atom is -0.380 e. The predicted molar refractivity (Wildman–Crippen MR) is 32.9 cm³/mol. The maximum Gasteiger partial charge on any atom is 0.0710 e. The lowest BCUT2D eigenvalue weighted by Crippen LogP contribution is -2.18. The van der Waals surface area contributed by atoms with Crippen molar-refractivity contribution >= 4 is 0 Å². The summed E-state index contributed by atoms with van der Waals surface area (Å²) >= 11 is 0. The van der Waals surface area contributed by atoms with E-state index in [1.165, 1.54) is 0 Å². The summed E-state index contributed by atoms with van der Waals surface area (Å²) in [4.78, 5) is 0. The number of ether oxygens (including phenoxy) is 1. The van der Waals surface area contributed by atoms with Crippen LogP contribution >= 0.6 is 0 Å². The van der Waals surface area contributed by atoms with Crippen molar-refractivity contribution in [3.63, 3.8) is 0 Å². The monoisotopic (exact) mass is 115 g/mol. The van der Waals surface area contributed by atoms with Crippen LogP contribution < -0.4 is 5.32 Å². The molecule has 2 nitrogen and oxygen atoms in total. The summed E-state index contributed by atoms with van der Waals surface area (Å²) in [6.45, 7) is 3.21. The van der Waals surface area contributed by atoms with Gasteiger partial charge in [-0.2, -0.15) is 0 Å². The highest BCUT2D eigenvalue weighted by molar-refractivity contribution is 4.77. The van der Waals surface area contributed by atoms with Gasteiger partial charge < -0.3 is 10.1 Å². The van der Waals surface area contributed by atoms with Gasteiger partial charge in [0.05, 0.1) is 6.10 Å². The van der Waals surface area contributed by atoms with Crippen molar-refractivity contribution in [1.29, 1.82) is 0 Å². The number of rotatable bonds is 1. The molecule has 0 aliphatic carbocycles. The van der Waals surface area contributed by atoms with Gasteiger partial charge in [-0.1, -0.05) is 0 Å². The molecule has 1 aliphatic heterocycles. The first-order chi connectivity index (χ1) is 3.83. The topological polar surface area (TPSA) is 21.3 Å². The van der Waals surface area contributed by atoms with E-state index in [1.807, 2.05) is 0 Å². The van der Waals surface area contributed by atoms with Crippen molar-refractivity contribution in [2.24, 2.45) is 0 Å². The Kier molecular flexibility index (Phi) is 1.86. The molecule has 0 aromatic carbocycles. The Balaban J connectivity index is 2.22. The van der Waals surface area contributed by atoms with Crippen LogP contribution in [0.4, 0.5) is 0 Å². The van der Waals surface area contributed by atoms with Crippen LogP contribution in [0.15, 0.2) is 0 Å². The fraction of sp³-hybridized carbons (Fsp3) is 1.00. The molecule has 0 aromatic rings. The molecular formula is C6H13NO. The zero-order valence-corrected chi connectivity index (χ0v) is 5.48. The lowest BCUT2D eigenvalue weighted by atomic mass is 10.2. The quantitative estimate of drug-likeness (QED) is 0.533. The summed E-state index contributed by atoms with van der Waals surface area (Å²) < 4.78 is 5.12. The Morgan fingerprint density at radius 3 is 2.62 bits per heavy atom. The first-order valence-electron chi connectivity index (χ1n) is 3.09. The molecule has 1 heterocycles. The minimum atomic E-state index is 0.463. The average molecular weight is 115 g/mol. The molecule has 1 fully saturated rings. The number of hydrogen-bond donors (Lipinski definition) is 1. The molecule has 1 rings (SSSR count). The smallest absolute Gasteiger partial charge is 0.0710 e. The normalized spacial score (nSPS) is 38.2. The van der Waals surface area contributed by atoms with Gasteiger partial charge in [0.1, 0.15) is 0 Å². The summed E-state index contributed by atoms with van der Waals surface area (Å²) in [6, 6.07) is 0.653. The fourth-order valence-corrected chi connectivity index (χ4v) is 1.07. The molecule has 1 N–H and O–H groups in total. The zero-order valence-electron chi connectivity index (χ0n) is 5.48. The molecule has 0 saturated carbocycles. The van der Waals surface area contributed by atoms with Crippen molar-refractivity contribution in [2.45, 2.75) is 25.5 Å². The third-order valence-electron chi connectivity index (χ3n) is 1.64. The van der Waals surface area contributed by atoms with Crippen LogP contribution in [0, 0.1) is 0 Å². The average Bonchev–Trinajstić information content (AvgIpc) is 2.14. The Morgan fingerprint density at radius 2 is 2.38 bits per heavy atom. The van der Waals surface area contributed by atoms with Crippen molar-refractivity contribution in [3.05, 3.63) is 0 Å². The highest BCUT2D eigenvalue weighted by Gasteiger charge is 2.18. The highest BCUT2D eigenvalue weighted by Crippen LogP contribution is 2.07. The summed E-state index contributed by atoms with van der Waals surface area (Å²) in [5, 5.41) is 3.30. The van der Waals surface area contributed by atoms with E-state index in [4.69, 9.17) is 4.74 Å². The van der Waals surface area contributed by atoms with Crippen molar-refractivity contribution < 1.29 is 4.74 Å². The van der Waals surface area contributed by atoms with Gasteiger partial charge in [-0.15, -0.1) is 0 Å². The molecule has 0 aromatic heterocycles. The Morgan fingerprint density at radius 1 is 1.62 bits per heavy atom. The molecule has 0 amide bonds. The van der Waals surface area contributed by atoms with Gasteiger partial charge in [0.15, 0.2) is 0 Å². The molecule has 1 aliphatic rings. The molecule has 1 unspecified atom stereocenters. The molecule has 0 bridgehead atoms. The summed E-state index contributed by atoms with van der Waals surface area (Å²) in [5.41, 5.74) is 0. The summed E-state index contributed by atoms with van der Waals surface area (Å²) in [5.74, 6) is 0. The van der Waals surface area contributed by atoms with E-state index in [9.17, 15) is 0 Å². The van der Waals surface area contributed by atoms with Gasteiger partial charge in [0.25, 0.3) is 0 Å². The molecule has 2 atom stereocenters. The maximum atomic E-state index is 5.12. The fourth-order valence-electron chi connectivity index (χ4n) is 1.07. The van der Waals surface area contributed by atoms with E-state index in [2.05, 4.69) is 12.2 Å². The second-order valence-electron chi connectivity index (χ2n) is 2.40. The number of nitrogens with one attached hydrogen (secondary N) is 1. The standard InChI is InChI=1S/C6H13NO/c1-5-3-6(8-2)4-7-5/h5-7H,3-4H2,1-2H3/t5-,6?/m1/s1. The molecule has 1 saturated heterocycles. The molecule has 0 radical (unpaired) electrons. The summed E-state index contributed by atoms with van der Waals surface area (Å²) in [7, 11) is 1.77. The van der Waals surface area contributed by atoms with E-state index < -0.39 is 0 Å². The minimum absolute atomic E-state index is 0.463. The first kappa shape index (κ1) is 6.05. The first-order valence-corrected chi connectivity index (χ1v) is 3.09. The maximum absolute atomic E-state index is 5.12. The molecular weight excluding hydrogens is 102 g/mol. The van der Waals surface area contributed by atoms with Crippen molar-refractivity contribution in [3.8, 4) is 0 Å². The van der Waals surface area contributed by atoms with Crippen LogP contribution in [0.1, 0.15) is 13.3 Å². The van der Waals surface area contributed by atoms with Gasteiger partial charge in [-0.3, -0.25) is 0 Å². The molecule has 2 heteroatoms. The number of methoxy groups -OCH3 is 1. The molecule has 0 spiro atoms. The largest absolute Gasteiger partial charge is 0.380 e. The van der Waals surface area contributed by atoms with Crippen LogP contribution in [-0.2, 0) is 4.74 Å². The predicted octanol–water partition coefficient (Wildman–Crippen LogP) is 0.383. The van der Waals surface area contributed by atoms with Gasteiger partial charge in [-0.25, -0.2) is 0 Å². The van der Waals surface area contributed by atoms with E-state index >= 15 is 0 Å². The Bertz CT molecular complexity index is 74.9. The van der Waals surface area contributed by atoms with Gasteiger partial charge in [-0.05, 0) is 13.3 Å². The van der Waals surface area contributed by atoms with Crippen LogP contribution in [0.25, 0.3) is 0 Å². The zero-order chi connectivity index (χ0) is 5.98. The van der Waals surface area contributed by atoms with Crippen LogP contribution in [-0.4, -0.2) is 25.8 Å². The van der Waals surface area contributed by atoms with Gasteiger partial charge >= 0.3 is 0 Å². The SMILES string of the molecule is COC1CN[C@H](C)C1. The van der Waals surface area contributed by atoms with E-state index in [1.54, 1.807) is 7.11 Å². The Hall–Kier alpha value is -0.0800. The Labute approximate surface area is 50.2 Å². The van der Waals surface area contributed by atoms with E-state index in [-0.39, 0.29) is 0 Å². The van der Waals surface area contributed by atoms with Crippen LogP contribution in [0.2, 0.25) is 0 Å². The van der Waals surface area contributed by atoms with Crippen LogP contribution in [0.3, 0.4) is 0 Å². The molecule has 8 heavy (non-hydrogen) atoms. The summed E-state index contributed by atoms with van der Waals surface area (Å²) in [6.07, 6.45) is 1.63. The van der Waals surface area contributed by atoms with Crippen LogP contribution in [0.5, 0.6) is 0 Å². The third-order valence-corrected chi connectivity index (χ3v) is 1.64. The van der Waals surface area contributed by atoms with E-state index in [0.717, 1.165) is 13.0 Å². The second kappa shape index (κ2) is 2.46. The highest BCUT2D eigenvalue weighted by atomic mass is 16.5. The van der Waals surface area contributed by atoms with Gasteiger partial charge in [0.2, 0.25) is 0 Å². The van der Waals surface area contributed by atoms with Gasteiger partial charge in [0, 0.05) is 19.7 Å². The van der Waals surface area contributed by atoms with Crippen molar-refractivity contribution in [2.75, 3.05) is 13.7 Å². The third kappa shape index (κ3) is 1.20. The lowest BCUT2D eigenvalue weighted by Gasteiger charge is -2.02.